The molecule has 0 radical (unpaired) electrons. The molecule has 2 aromatic carbocycles. The number of amides is 1. The van der Waals surface area contributed by atoms with Crippen molar-refractivity contribution in [2.24, 2.45) is 5.73 Å². The fraction of sp³-hybridized carbons (Fsp3) is 0.276. The largest absolute Gasteiger partial charge is 0.381 e. The molecule has 2 aliphatic rings. The Bertz CT molecular complexity index is 1630. The number of fused-ring (bicyclic) bond motifs is 1. The second kappa shape index (κ2) is 8.74. The number of aromatic nitrogens is 4. The van der Waals surface area contributed by atoms with E-state index in [2.05, 4.69) is 61.9 Å². The highest BCUT2D eigenvalue weighted by atomic mass is 16.2. The van der Waals surface area contributed by atoms with Crippen LogP contribution in [0.3, 0.4) is 0 Å². The number of imidazole rings is 1. The number of piperidine rings is 1. The highest BCUT2D eigenvalue weighted by Crippen LogP contribution is 2.36. The molecule has 8 heteroatoms. The number of likely N-dealkylation sites (tertiary alicyclic amines) is 1. The van der Waals surface area contributed by atoms with Gasteiger partial charge in [0.2, 0.25) is 0 Å². The van der Waals surface area contributed by atoms with Crippen LogP contribution in [0, 0.1) is 0 Å². The number of carbonyl (C=O) groups is 1. The number of para-hydroxylation sites is 1. The van der Waals surface area contributed by atoms with Crippen molar-refractivity contribution in [2.45, 2.75) is 32.0 Å². The number of hydrogen-bond donors (Lipinski definition) is 2. The molecule has 8 nitrogen and oxygen atoms in total. The molecule has 2 aliphatic heterocycles. The molecular weight excluding hydrogens is 462 g/mol. The topological polar surface area (TPSA) is 94.0 Å². The zero-order valence-corrected chi connectivity index (χ0v) is 20.6. The minimum atomic E-state index is 0.0311. The second-order valence-corrected chi connectivity index (χ2v) is 10.1. The smallest absolute Gasteiger partial charge is 0.254 e. The molecule has 1 saturated heterocycles. The van der Waals surface area contributed by atoms with Crippen molar-refractivity contribution in [2.75, 3.05) is 25.0 Å². The van der Waals surface area contributed by atoms with E-state index in [-0.39, 0.29) is 11.9 Å². The molecular formula is C29H29N7O. The van der Waals surface area contributed by atoms with Crippen LogP contribution in [-0.4, -0.2) is 55.6 Å². The summed E-state index contributed by atoms with van der Waals surface area (Å²) in [7, 11) is 0. The lowest BCUT2D eigenvalue weighted by atomic mass is 10.0. The number of benzene rings is 2. The van der Waals surface area contributed by atoms with Crippen molar-refractivity contribution >= 4 is 33.5 Å². The van der Waals surface area contributed by atoms with E-state index >= 15 is 0 Å². The van der Waals surface area contributed by atoms with Crippen LogP contribution in [0.5, 0.6) is 0 Å². The standard InChI is InChI=1S/C29H29N7O/c30-22-5-3-12-34(18-22)29(37)21-14-23-27-24(15-21)33-28(35(27)13-11-32-23)26-16-20-4-1-2-6-25(20)36(26)17-19-7-9-31-10-8-19/h1-2,4,6-10,14-16,22,32H,3,5,11-13,17-18,30H2/t22-/m1/s1. The number of nitrogens with two attached hydrogens (primary N) is 1. The van der Waals surface area contributed by atoms with E-state index in [1.54, 1.807) is 0 Å². The Morgan fingerprint density at radius 1 is 1.08 bits per heavy atom. The highest BCUT2D eigenvalue weighted by Gasteiger charge is 2.27. The fourth-order valence-electron chi connectivity index (χ4n) is 5.86. The van der Waals surface area contributed by atoms with Gasteiger partial charge in [0.25, 0.3) is 5.91 Å². The predicted octanol–water partition coefficient (Wildman–Crippen LogP) is 4.09. The van der Waals surface area contributed by atoms with Crippen LogP contribution < -0.4 is 11.1 Å². The summed E-state index contributed by atoms with van der Waals surface area (Å²) in [6.07, 6.45) is 5.58. The quantitative estimate of drug-likeness (QED) is 0.395. The Labute approximate surface area is 214 Å². The molecule has 0 spiro atoms. The molecule has 1 fully saturated rings. The van der Waals surface area contributed by atoms with Crippen LogP contribution in [0.1, 0.15) is 28.8 Å². The van der Waals surface area contributed by atoms with Crippen LogP contribution in [0.4, 0.5) is 5.69 Å². The molecule has 0 saturated carbocycles. The zero-order valence-electron chi connectivity index (χ0n) is 20.6. The molecule has 1 amide bonds. The average Bonchev–Trinajstić information content (AvgIpc) is 3.48. The van der Waals surface area contributed by atoms with Crippen LogP contribution in [-0.2, 0) is 13.1 Å². The number of rotatable bonds is 4. The summed E-state index contributed by atoms with van der Waals surface area (Å²) in [5.74, 6) is 0.955. The molecule has 3 N–H and O–H groups in total. The first-order valence-electron chi connectivity index (χ1n) is 13.0. The van der Waals surface area contributed by atoms with Gasteiger partial charge in [-0.05, 0) is 54.8 Å². The SMILES string of the molecule is N[C@@H]1CCCN(C(=O)c2cc3c4c(c2)nc(-c2cc5ccccc5n2Cc2ccncc2)n4CCN3)C1. The van der Waals surface area contributed by atoms with Gasteiger partial charge in [-0.3, -0.25) is 9.78 Å². The Balaban J connectivity index is 1.37. The van der Waals surface area contributed by atoms with Crippen molar-refractivity contribution in [1.82, 2.24) is 24.0 Å². The van der Waals surface area contributed by atoms with E-state index in [0.29, 0.717) is 12.1 Å². The summed E-state index contributed by atoms with van der Waals surface area (Å²) < 4.78 is 4.63. The van der Waals surface area contributed by atoms with Gasteiger partial charge in [-0.15, -0.1) is 0 Å². The third-order valence-electron chi connectivity index (χ3n) is 7.61. The lowest BCUT2D eigenvalue weighted by Crippen LogP contribution is -2.45. The van der Waals surface area contributed by atoms with Gasteiger partial charge in [0.1, 0.15) is 0 Å². The Morgan fingerprint density at radius 2 is 1.95 bits per heavy atom. The molecule has 0 bridgehead atoms. The van der Waals surface area contributed by atoms with Gasteiger partial charge < -0.3 is 25.1 Å². The third-order valence-corrected chi connectivity index (χ3v) is 7.61. The minimum absolute atomic E-state index is 0.0311. The van der Waals surface area contributed by atoms with E-state index in [1.807, 2.05) is 29.4 Å². The zero-order chi connectivity index (χ0) is 24.9. The molecule has 0 unspecified atom stereocenters. The van der Waals surface area contributed by atoms with Gasteiger partial charge in [-0.1, -0.05) is 18.2 Å². The Hall–Kier alpha value is -4.17. The minimum Gasteiger partial charge on any atom is -0.381 e. The van der Waals surface area contributed by atoms with Gasteiger partial charge in [-0.2, -0.15) is 0 Å². The van der Waals surface area contributed by atoms with Crippen molar-refractivity contribution in [3.63, 3.8) is 0 Å². The van der Waals surface area contributed by atoms with Crippen molar-refractivity contribution < 1.29 is 4.79 Å². The number of nitrogens with zero attached hydrogens (tertiary/aromatic N) is 5. The van der Waals surface area contributed by atoms with Crippen LogP contribution in [0.2, 0.25) is 0 Å². The van der Waals surface area contributed by atoms with Crippen LogP contribution in [0.15, 0.2) is 67.0 Å². The number of hydrogen-bond acceptors (Lipinski definition) is 5. The third kappa shape index (κ3) is 3.76. The molecule has 5 aromatic rings. The second-order valence-electron chi connectivity index (χ2n) is 10.1. The molecule has 0 aliphatic carbocycles. The summed E-state index contributed by atoms with van der Waals surface area (Å²) >= 11 is 0. The first-order chi connectivity index (χ1) is 18.2. The van der Waals surface area contributed by atoms with Crippen LogP contribution >= 0.6 is 0 Å². The van der Waals surface area contributed by atoms with Crippen molar-refractivity contribution in [3.05, 3.63) is 78.1 Å². The van der Waals surface area contributed by atoms with E-state index in [0.717, 1.165) is 67.3 Å². The molecule has 1 atom stereocenters. The van der Waals surface area contributed by atoms with Gasteiger partial charge in [0.15, 0.2) is 5.82 Å². The van der Waals surface area contributed by atoms with Crippen molar-refractivity contribution in [1.29, 1.82) is 0 Å². The highest BCUT2D eigenvalue weighted by molar-refractivity contribution is 6.03. The number of anilines is 1. The lowest BCUT2D eigenvalue weighted by molar-refractivity contribution is 0.0709. The van der Waals surface area contributed by atoms with E-state index < -0.39 is 0 Å². The van der Waals surface area contributed by atoms with Gasteiger partial charge in [0.05, 0.1) is 22.4 Å². The maximum Gasteiger partial charge on any atom is 0.254 e. The fourth-order valence-corrected chi connectivity index (χ4v) is 5.86. The summed E-state index contributed by atoms with van der Waals surface area (Å²) in [5.41, 5.74) is 13.1. The van der Waals surface area contributed by atoms with Gasteiger partial charge >= 0.3 is 0 Å². The van der Waals surface area contributed by atoms with E-state index in [1.165, 1.54) is 16.5 Å². The first kappa shape index (κ1) is 22.1. The maximum atomic E-state index is 13.4. The first-order valence-corrected chi connectivity index (χ1v) is 13.0. The maximum absolute atomic E-state index is 13.4. The molecule has 37 heavy (non-hydrogen) atoms. The molecule has 3 aromatic heterocycles. The predicted molar refractivity (Wildman–Crippen MR) is 146 cm³/mol. The summed E-state index contributed by atoms with van der Waals surface area (Å²) in [4.78, 5) is 24.6. The molecule has 186 valence electrons. The van der Waals surface area contributed by atoms with E-state index in [9.17, 15) is 4.79 Å². The lowest BCUT2D eigenvalue weighted by Gasteiger charge is -2.31. The summed E-state index contributed by atoms with van der Waals surface area (Å²) in [5, 5.41) is 4.69. The Morgan fingerprint density at radius 3 is 2.81 bits per heavy atom. The number of pyridine rings is 1. The normalized spacial score (nSPS) is 17.3. The van der Waals surface area contributed by atoms with Crippen molar-refractivity contribution in [3.8, 4) is 11.5 Å². The summed E-state index contributed by atoms with van der Waals surface area (Å²) in [6.45, 7) is 3.67. The molecule has 5 heterocycles. The van der Waals surface area contributed by atoms with Gasteiger partial charge in [0, 0.05) is 67.6 Å². The van der Waals surface area contributed by atoms with Crippen LogP contribution in [0.25, 0.3) is 33.5 Å². The number of carbonyl (C=O) groups excluding carboxylic acids is 1. The van der Waals surface area contributed by atoms with Gasteiger partial charge in [-0.25, -0.2) is 4.98 Å². The molecule has 7 rings (SSSR count). The Kier molecular flexibility index (Phi) is 5.21. The monoisotopic (exact) mass is 491 g/mol. The summed E-state index contributed by atoms with van der Waals surface area (Å²) in [6, 6.07) is 18.8. The number of nitrogens with one attached hydrogen (secondary N) is 1. The average molecular weight is 492 g/mol. The van der Waals surface area contributed by atoms with E-state index in [4.69, 9.17) is 10.7 Å².